The monoisotopic (exact) mass is 314 g/mol. The lowest BCUT2D eigenvalue weighted by atomic mass is 9.70. The van der Waals surface area contributed by atoms with E-state index >= 15 is 0 Å². The van der Waals surface area contributed by atoms with Gasteiger partial charge in [-0.25, -0.2) is 0 Å². The van der Waals surface area contributed by atoms with Gasteiger partial charge in [0.2, 0.25) is 0 Å². The molecule has 0 saturated heterocycles. The topological polar surface area (TPSA) is 74.6 Å². The van der Waals surface area contributed by atoms with Crippen LogP contribution in [-0.4, -0.2) is 22.2 Å². The summed E-state index contributed by atoms with van der Waals surface area (Å²) in [7, 11) is 0. The molecule has 0 aliphatic heterocycles. The average molecular weight is 314 g/mol. The molecule has 0 heterocycles. The minimum atomic E-state index is -0.768. The van der Waals surface area contributed by atoms with Gasteiger partial charge in [0.05, 0.1) is 5.92 Å². The summed E-state index contributed by atoms with van der Waals surface area (Å²) in [5.74, 6) is -1.07. The van der Waals surface area contributed by atoms with Crippen molar-refractivity contribution in [3.63, 3.8) is 0 Å². The standard InChI is InChI=1S/C18H34O4/c1-6-7-14(9-11-16(19)20)8-10-15(17(21)22)18(4,5)12-13(2)3/h13-15H,6-12H2,1-5H3,(H,19,20)(H,21,22). The molecule has 0 amide bonds. The summed E-state index contributed by atoms with van der Waals surface area (Å²) in [4.78, 5) is 22.4. The molecule has 22 heavy (non-hydrogen) atoms. The summed E-state index contributed by atoms with van der Waals surface area (Å²) in [6.45, 7) is 10.4. The Morgan fingerprint density at radius 3 is 2.00 bits per heavy atom. The van der Waals surface area contributed by atoms with E-state index in [4.69, 9.17) is 5.11 Å². The molecule has 0 rings (SSSR count). The van der Waals surface area contributed by atoms with Gasteiger partial charge in [0, 0.05) is 6.42 Å². The van der Waals surface area contributed by atoms with Crippen molar-refractivity contribution >= 4 is 11.9 Å². The SMILES string of the molecule is CCCC(CCC(=O)O)CCC(C(=O)O)C(C)(C)CC(C)C. The summed E-state index contributed by atoms with van der Waals surface area (Å²) in [5, 5.41) is 18.4. The number of rotatable bonds is 12. The zero-order valence-electron chi connectivity index (χ0n) is 14.9. The lowest BCUT2D eigenvalue weighted by molar-refractivity contribution is -0.147. The number of hydrogen-bond donors (Lipinski definition) is 2. The van der Waals surface area contributed by atoms with Gasteiger partial charge in [-0.2, -0.15) is 0 Å². The number of hydrogen-bond acceptors (Lipinski definition) is 2. The molecule has 130 valence electrons. The number of carboxylic acid groups (broad SMARTS) is 2. The Balaban J connectivity index is 4.72. The molecule has 0 bridgehead atoms. The lowest BCUT2D eigenvalue weighted by Gasteiger charge is -2.34. The fourth-order valence-corrected chi connectivity index (χ4v) is 3.61. The van der Waals surface area contributed by atoms with Crippen LogP contribution in [0.25, 0.3) is 0 Å². The second-order valence-electron chi connectivity index (χ2n) is 7.64. The molecule has 0 aliphatic rings. The third-order valence-electron chi connectivity index (χ3n) is 4.50. The van der Waals surface area contributed by atoms with E-state index in [1.165, 1.54) is 0 Å². The Morgan fingerprint density at radius 1 is 1.00 bits per heavy atom. The summed E-state index contributed by atoms with van der Waals surface area (Å²) in [6.07, 6.45) is 5.15. The first-order valence-electron chi connectivity index (χ1n) is 8.54. The molecule has 4 nitrogen and oxygen atoms in total. The maximum absolute atomic E-state index is 11.7. The predicted molar refractivity (Wildman–Crippen MR) is 88.9 cm³/mol. The highest BCUT2D eigenvalue weighted by Gasteiger charge is 2.35. The molecule has 0 aromatic rings. The molecule has 2 N–H and O–H groups in total. The Kier molecular flexibility index (Phi) is 9.38. The smallest absolute Gasteiger partial charge is 0.307 e. The van der Waals surface area contributed by atoms with Gasteiger partial charge in [-0.1, -0.05) is 47.5 Å². The molecule has 0 aromatic carbocycles. The van der Waals surface area contributed by atoms with Crippen molar-refractivity contribution in [1.82, 2.24) is 0 Å². The summed E-state index contributed by atoms with van der Waals surface area (Å²) < 4.78 is 0. The van der Waals surface area contributed by atoms with Gasteiger partial charge in [0.25, 0.3) is 0 Å². The van der Waals surface area contributed by atoms with Crippen LogP contribution in [0.1, 0.15) is 79.6 Å². The highest BCUT2D eigenvalue weighted by molar-refractivity contribution is 5.71. The molecular weight excluding hydrogens is 280 g/mol. The molecule has 0 saturated carbocycles. The summed E-state index contributed by atoms with van der Waals surface area (Å²) in [6, 6.07) is 0. The van der Waals surface area contributed by atoms with Crippen LogP contribution in [0.15, 0.2) is 0 Å². The minimum Gasteiger partial charge on any atom is -0.481 e. The van der Waals surface area contributed by atoms with Crippen molar-refractivity contribution in [2.75, 3.05) is 0 Å². The number of carboxylic acids is 2. The van der Waals surface area contributed by atoms with Crippen molar-refractivity contribution in [1.29, 1.82) is 0 Å². The molecule has 0 aromatic heterocycles. The van der Waals surface area contributed by atoms with Crippen molar-refractivity contribution in [2.24, 2.45) is 23.2 Å². The summed E-state index contributed by atoms with van der Waals surface area (Å²) in [5.41, 5.74) is -0.233. The van der Waals surface area contributed by atoms with E-state index in [9.17, 15) is 14.7 Å². The molecular formula is C18H34O4. The normalized spacial score (nSPS) is 14.8. The van der Waals surface area contributed by atoms with E-state index in [-0.39, 0.29) is 17.8 Å². The van der Waals surface area contributed by atoms with Gasteiger partial charge in [-0.3, -0.25) is 9.59 Å². The fraction of sp³-hybridized carbons (Fsp3) is 0.889. The first-order valence-corrected chi connectivity index (χ1v) is 8.54. The van der Waals surface area contributed by atoms with Gasteiger partial charge in [-0.15, -0.1) is 0 Å². The van der Waals surface area contributed by atoms with Crippen LogP contribution < -0.4 is 0 Å². The van der Waals surface area contributed by atoms with Crippen LogP contribution in [0.3, 0.4) is 0 Å². The molecule has 0 aliphatic carbocycles. The van der Waals surface area contributed by atoms with Crippen LogP contribution in [0.2, 0.25) is 0 Å². The molecule has 0 spiro atoms. The van der Waals surface area contributed by atoms with E-state index < -0.39 is 11.9 Å². The van der Waals surface area contributed by atoms with Gasteiger partial charge in [0.15, 0.2) is 0 Å². The molecule has 4 heteroatoms. The van der Waals surface area contributed by atoms with Crippen LogP contribution >= 0.6 is 0 Å². The van der Waals surface area contributed by atoms with E-state index in [0.29, 0.717) is 24.7 Å². The van der Waals surface area contributed by atoms with Gasteiger partial charge >= 0.3 is 11.9 Å². The predicted octanol–water partition coefficient (Wildman–Crippen LogP) is 4.82. The molecule has 0 radical (unpaired) electrons. The number of aliphatic carboxylic acids is 2. The van der Waals surface area contributed by atoms with Crippen molar-refractivity contribution < 1.29 is 19.8 Å². The van der Waals surface area contributed by atoms with E-state index in [1.54, 1.807) is 0 Å². The van der Waals surface area contributed by atoms with Gasteiger partial charge in [0.1, 0.15) is 0 Å². The van der Waals surface area contributed by atoms with Gasteiger partial charge in [-0.05, 0) is 42.9 Å². The van der Waals surface area contributed by atoms with Gasteiger partial charge < -0.3 is 10.2 Å². The largest absolute Gasteiger partial charge is 0.481 e. The maximum atomic E-state index is 11.7. The summed E-state index contributed by atoms with van der Waals surface area (Å²) >= 11 is 0. The first-order chi connectivity index (χ1) is 10.1. The molecule has 2 atom stereocenters. The quantitative estimate of drug-likeness (QED) is 0.541. The van der Waals surface area contributed by atoms with E-state index in [2.05, 4.69) is 20.8 Å². The fourth-order valence-electron chi connectivity index (χ4n) is 3.61. The zero-order chi connectivity index (χ0) is 17.3. The Hall–Kier alpha value is -1.06. The van der Waals surface area contributed by atoms with Crippen molar-refractivity contribution in [2.45, 2.75) is 79.6 Å². The Bertz CT molecular complexity index is 347. The van der Waals surface area contributed by atoms with Crippen molar-refractivity contribution in [3.8, 4) is 0 Å². The minimum absolute atomic E-state index is 0.178. The van der Waals surface area contributed by atoms with Crippen LogP contribution in [0.5, 0.6) is 0 Å². The third kappa shape index (κ3) is 8.40. The zero-order valence-corrected chi connectivity index (χ0v) is 14.9. The highest BCUT2D eigenvalue weighted by Crippen LogP contribution is 2.38. The van der Waals surface area contributed by atoms with Crippen LogP contribution in [0.4, 0.5) is 0 Å². The van der Waals surface area contributed by atoms with Crippen molar-refractivity contribution in [3.05, 3.63) is 0 Å². The number of carbonyl (C=O) groups is 2. The second-order valence-corrected chi connectivity index (χ2v) is 7.64. The highest BCUT2D eigenvalue weighted by atomic mass is 16.4. The van der Waals surface area contributed by atoms with E-state index in [1.807, 2.05) is 13.8 Å². The maximum Gasteiger partial charge on any atom is 0.307 e. The third-order valence-corrected chi connectivity index (χ3v) is 4.50. The second kappa shape index (κ2) is 9.86. The van der Waals surface area contributed by atoms with Crippen LogP contribution in [-0.2, 0) is 9.59 Å². The lowest BCUT2D eigenvalue weighted by Crippen LogP contribution is -2.32. The Morgan fingerprint density at radius 2 is 1.59 bits per heavy atom. The average Bonchev–Trinajstić information content (AvgIpc) is 2.33. The first kappa shape index (κ1) is 20.9. The van der Waals surface area contributed by atoms with Crippen LogP contribution in [0, 0.1) is 23.2 Å². The Labute approximate surface area is 135 Å². The van der Waals surface area contributed by atoms with E-state index in [0.717, 1.165) is 25.7 Å². The molecule has 2 unspecified atom stereocenters. The molecule has 0 fully saturated rings.